The molecule has 1 aromatic heterocycles. The number of hydrogen-bond donors (Lipinski definition) is 0. The van der Waals surface area contributed by atoms with E-state index in [1.54, 1.807) is 53.7 Å². The van der Waals surface area contributed by atoms with Gasteiger partial charge in [0.25, 0.3) is 5.91 Å². The van der Waals surface area contributed by atoms with Crippen molar-refractivity contribution >= 4 is 23.5 Å². The number of esters is 1. The van der Waals surface area contributed by atoms with Crippen LogP contribution in [0.1, 0.15) is 32.7 Å². The molecule has 5 rings (SSSR count). The summed E-state index contributed by atoms with van der Waals surface area (Å²) in [5.74, 6) is 0.553. The number of hydrogen-bond acceptors (Lipinski definition) is 5. The first-order valence-corrected chi connectivity index (χ1v) is 9.93. The van der Waals surface area contributed by atoms with Crippen molar-refractivity contribution in [3.05, 3.63) is 88.7 Å². The molecule has 3 heterocycles. The topological polar surface area (TPSA) is 68.7 Å². The highest BCUT2D eigenvalue weighted by Gasteiger charge is 2.51. The molecule has 150 valence electrons. The molecule has 2 aliphatic heterocycles. The van der Waals surface area contributed by atoms with Crippen LogP contribution in [0.15, 0.2) is 67.0 Å². The van der Waals surface area contributed by atoms with Gasteiger partial charge >= 0.3 is 5.97 Å². The number of nitrogens with zero attached hydrogens (tertiary/aromatic N) is 2. The van der Waals surface area contributed by atoms with E-state index in [-0.39, 0.29) is 11.9 Å². The lowest BCUT2D eigenvalue weighted by Crippen LogP contribution is -2.34. The molecule has 2 aliphatic rings. The molecule has 3 aromatic rings. The first-order chi connectivity index (χ1) is 14.6. The van der Waals surface area contributed by atoms with E-state index in [9.17, 15) is 9.59 Å². The molecule has 1 amide bonds. The molecule has 6 nitrogen and oxygen atoms in total. The number of carbonyl (C=O) groups excluding carboxylic acids is 2. The van der Waals surface area contributed by atoms with Crippen molar-refractivity contribution in [1.82, 2.24) is 9.88 Å². The minimum absolute atomic E-state index is 0.203. The molecule has 30 heavy (non-hydrogen) atoms. The third kappa shape index (κ3) is 3.09. The first-order valence-electron chi connectivity index (χ1n) is 9.55. The first kappa shape index (κ1) is 18.6. The van der Waals surface area contributed by atoms with Crippen LogP contribution in [0.5, 0.6) is 11.5 Å². The molecule has 7 heteroatoms. The minimum Gasteiger partial charge on any atom is -0.456 e. The van der Waals surface area contributed by atoms with Crippen LogP contribution >= 0.6 is 11.6 Å². The van der Waals surface area contributed by atoms with Crippen molar-refractivity contribution in [2.45, 2.75) is 12.0 Å². The molecule has 1 spiro atoms. The van der Waals surface area contributed by atoms with Gasteiger partial charge in [0, 0.05) is 30.8 Å². The van der Waals surface area contributed by atoms with Crippen molar-refractivity contribution in [2.75, 3.05) is 13.1 Å². The summed E-state index contributed by atoms with van der Waals surface area (Å²) < 4.78 is 11.4. The van der Waals surface area contributed by atoms with Gasteiger partial charge in [-0.25, -0.2) is 4.79 Å². The minimum atomic E-state index is -0.779. The summed E-state index contributed by atoms with van der Waals surface area (Å²) in [6.45, 7) is 0.781. The fourth-order valence-corrected chi connectivity index (χ4v) is 4.30. The quantitative estimate of drug-likeness (QED) is 0.586. The summed E-state index contributed by atoms with van der Waals surface area (Å²) in [7, 11) is 0. The zero-order valence-corrected chi connectivity index (χ0v) is 16.6. The van der Waals surface area contributed by atoms with Crippen molar-refractivity contribution in [3.63, 3.8) is 0 Å². The van der Waals surface area contributed by atoms with Crippen LogP contribution in [0, 0.1) is 0 Å². The van der Waals surface area contributed by atoms with Crippen molar-refractivity contribution in [1.29, 1.82) is 0 Å². The standard InChI is InChI=1S/C23H17ClN2O4/c24-20-12-15(29-16-4-3-10-25-13-16)7-8-18(20)21(27)26-11-9-23(14-26)19-6-2-1-5-17(19)22(28)30-23/h1-8,10,12-13H,9,11,14H2/t23-/m0/s1. The van der Waals surface area contributed by atoms with E-state index in [2.05, 4.69) is 4.98 Å². The second-order valence-corrected chi connectivity index (χ2v) is 7.75. The summed E-state index contributed by atoms with van der Waals surface area (Å²) >= 11 is 6.40. The van der Waals surface area contributed by atoms with Gasteiger partial charge in [-0.15, -0.1) is 0 Å². The van der Waals surface area contributed by atoms with Gasteiger partial charge in [0.2, 0.25) is 0 Å². The Balaban J connectivity index is 1.35. The molecule has 0 saturated carbocycles. The molecule has 1 saturated heterocycles. The summed E-state index contributed by atoms with van der Waals surface area (Å²) in [6, 6.07) is 15.9. The number of likely N-dealkylation sites (tertiary alicyclic amines) is 1. The number of rotatable bonds is 3. The Bertz CT molecular complexity index is 1150. The van der Waals surface area contributed by atoms with Crippen LogP contribution in [0.25, 0.3) is 0 Å². The predicted molar refractivity (Wildman–Crippen MR) is 110 cm³/mol. The molecule has 0 radical (unpaired) electrons. The van der Waals surface area contributed by atoms with Crippen molar-refractivity contribution < 1.29 is 19.1 Å². The Morgan fingerprint density at radius 1 is 1.13 bits per heavy atom. The van der Waals surface area contributed by atoms with E-state index >= 15 is 0 Å². The lowest BCUT2D eigenvalue weighted by atomic mass is 9.91. The van der Waals surface area contributed by atoms with Crippen molar-refractivity contribution in [3.8, 4) is 11.5 Å². The second-order valence-electron chi connectivity index (χ2n) is 7.34. The number of pyridine rings is 1. The Morgan fingerprint density at radius 3 is 2.80 bits per heavy atom. The Hall–Kier alpha value is -3.38. The van der Waals surface area contributed by atoms with Gasteiger partial charge in [-0.3, -0.25) is 9.78 Å². The molecule has 1 atom stereocenters. The summed E-state index contributed by atoms with van der Waals surface area (Å²) in [6.07, 6.45) is 3.81. The van der Waals surface area contributed by atoms with Crippen LogP contribution in [0.4, 0.5) is 0 Å². The van der Waals surface area contributed by atoms with Gasteiger partial charge in [0.15, 0.2) is 5.60 Å². The third-order valence-electron chi connectivity index (χ3n) is 5.49. The molecule has 0 N–H and O–H groups in total. The third-order valence-corrected chi connectivity index (χ3v) is 5.80. The highest BCUT2D eigenvalue weighted by molar-refractivity contribution is 6.34. The number of halogens is 1. The fourth-order valence-electron chi connectivity index (χ4n) is 4.05. The van der Waals surface area contributed by atoms with Gasteiger partial charge in [-0.1, -0.05) is 29.8 Å². The fraction of sp³-hybridized carbons (Fsp3) is 0.174. The van der Waals surface area contributed by atoms with E-state index in [1.807, 2.05) is 18.2 Å². The monoisotopic (exact) mass is 420 g/mol. The maximum atomic E-state index is 13.1. The van der Waals surface area contributed by atoms with Crippen LogP contribution in [-0.4, -0.2) is 34.8 Å². The number of fused-ring (bicyclic) bond motifs is 2. The molecule has 2 aromatic carbocycles. The molecule has 1 fully saturated rings. The number of benzene rings is 2. The van der Waals surface area contributed by atoms with Gasteiger partial charge in [-0.2, -0.15) is 0 Å². The number of amides is 1. The molecule has 0 aliphatic carbocycles. The molecular weight excluding hydrogens is 404 g/mol. The predicted octanol–water partition coefficient (Wildman–Crippen LogP) is 4.44. The largest absolute Gasteiger partial charge is 0.456 e. The van der Waals surface area contributed by atoms with Gasteiger partial charge in [-0.05, 0) is 30.3 Å². The van der Waals surface area contributed by atoms with Gasteiger partial charge < -0.3 is 14.4 Å². The Kier molecular flexibility index (Phi) is 4.44. The SMILES string of the molecule is O=C1O[C@]2(CCN(C(=O)c3ccc(Oc4cccnc4)cc3Cl)C2)c2ccccc21. The van der Waals surface area contributed by atoms with Crippen LogP contribution in [-0.2, 0) is 10.3 Å². The lowest BCUT2D eigenvalue weighted by Gasteiger charge is -2.24. The Labute approximate surface area is 178 Å². The Morgan fingerprint density at radius 2 is 2.00 bits per heavy atom. The van der Waals surface area contributed by atoms with E-state index in [1.165, 1.54) is 0 Å². The maximum absolute atomic E-state index is 13.1. The molecular formula is C23H17ClN2O4. The zero-order chi connectivity index (χ0) is 20.7. The smallest absolute Gasteiger partial charge is 0.339 e. The van der Waals surface area contributed by atoms with E-state index in [0.29, 0.717) is 47.2 Å². The van der Waals surface area contributed by atoms with E-state index < -0.39 is 5.60 Å². The van der Waals surface area contributed by atoms with Crippen molar-refractivity contribution in [2.24, 2.45) is 0 Å². The van der Waals surface area contributed by atoms with Gasteiger partial charge in [0.1, 0.15) is 11.5 Å². The molecule has 0 bridgehead atoms. The summed E-state index contributed by atoms with van der Waals surface area (Å²) in [4.78, 5) is 31.1. The van der Waals surface area contributed by atoms with Gasteiger partial charge in [0.05, 0.1) is 28.9 Å². The zero-order valence-electron chi connectivity index (χ0n) is 15.9. The van der Waals surface area contributed by atoms with Crippen LogP contribution in [0.3, 0.4) is 0 Å². The van der Waals surface area contributed by atoms with E-state index in [0.717, 1.165) is 5.56 Å². The lowest BCUT2D eigenvalue weighted by molar-refractivity contribution is -0.00306. The number of aromatic nitrogens is 1. The second kappa shape index (κ2) is 7.15. The highest BCUT2D eigenvalue weighted by atomic mass is 35.5. The maximum Gasteiger partial charge on any atom is 0.339 e. The van der Waals surface area contributed by atoms with E-state index in [4.69, 9.17) is 21.1 Å². The normalized spacial score (nSPS) is 19.6. The van der Waals surface area contributed by atoms with Crippen LogP contribution < -0.4 is 4.74 Å². The molecule has 0 unspecified atom stereocenters. The average Bonchev–Trinajstić information content (AvgIpc) is 3.30. The number of carbonyl (C=O) groups is 2. The summed E-state index contributed by atoms with van der Waals surface area (Å²) in [5, 5.41) is 0.297. The average molecular weight is 421 g/mol. The van der Waals surface area contributed by atoms with Crippen LogP contribution in [0.2, 0.25) is 5.02 Å². The highest BCUT2D eigenvalue weighted by Crippen LogP contribution is 2.43. The number of ether oxygens (including phenoxy) is 2. The summed E-state index contributed by atoms with van der Waals surface area (Å²) in [5.41, 5.74) is 1.02.